The lowest BCUT2D eigenvalue weighted by Crippen LogP contribution is -2.57. The number of halogens is 1. The lowest BCUT2D eigenvalue weighted by molar-refractivity contribution is 0.372. The molecule has 4 aromatic rings. The summed E-state index contributed by atoms with van der Waals surface area (Å²) in [4.78, 5) is 11.8. The second-order valence-electron chi connectivity index (χ2n) is 9.40. The number of aromatic nitrogens is 4. The number of pyridine rings is 2. The van der Waals surface area contributed by atoms with Crippen LogP contribution in [0.15, 0.2) is 30.6 Å². The van der Waals surface area contributed by atoms with Crippen molar-refractivity contribution < 1.29 is 5.11 Å². The molecule has 1 saturated carbocycles. The summed E-state index contributed by atoms with van der Waals surface area (Å²) < 4.78 is 1.74. The highest BCUT2D eigenvalue weighted by atomic mass is 35.5. The van der Waals surface area contributed by atoms with Crippen LogP contribution in [0.1, 0.15) is 25.3 Å². The van der Waals surface area contributed by atoms with Crippen LogP contribution < -0.4 is 10.2 Å². The van der Waals surface area contributed by atoms with Crippen LogP contribution >= 0.6 is 11.6 Å². The highest BCUT2D eigenvalue weighted by molar-refractivity contribution is 6.35. The SMILES string of the molecule is Cc1c(O)c(-c2cc(Cl)c3cc(N4CC(C)NC5(CC5)C4)cnc3n2)cc2cn(C)nc12. The Labute approximate surface area is 191 Å². The maximum absolute atomic E-state index is 10.9. The van der Waals surface area contributed by atoms with Crippen molar-refractivity contribution in [2.75, 3.05) is 18.0 Å². The Hall–Kier alpha value is -2.90. The first-order chi connectivity index (χ1) is 15.3. The molecule has 1 saturated heterocycles. The summed E-state index contributed by atoms with van der Waals surface area (Å²) in [6.45, 7) is 6.03. The number of aromatic hydroxyl groups is 1. The van der Waals surface area contributed by atoms with Gasteiger partial charge in [0.25, 0.3) is 0 Å². The maximum Gasteiger partial charge on any atom is 0.161 e. The number of hydrogen-bond acceptors (Lipinski definition) is 6. The Morgan fingerprint density at radius 3 is 2.84 bits per heavy atom. The van der Waals surface area contributed by atoms with Crippen molar-refractivity contribution in [2.24, 2.45) is 7.05 Å². The van der Waals surface area contributed by atoms with E-state index in [9.17, 15) is 5.11 Å². The zero-order valence-electron chi connectivity index (χ0n) is 18.4. The minimum Gasteiger partial charge on any atom is -0.507 e. The van der Waals surface area contributed by atoms with E-state index in [-0.39, 0.29) is 11.3 Å². The normalized spacial score (nSPS) is 19.9. The number of hydrogen-bond donors (Lipinski definition) is 2. The zero-order valence-corrected chi connectivity index (χ0v) is 19.1. The van der Waals surface area contributed by atoms with Crippen molar-refractivity contribution in [3.05, 3.63) is 41.2 Å². The summed E-state index contributed by atoms with van der Waals surface area (Å²) in [5, 5.41) is 21.4. The van der Waals surface area contributed by atoms with Crippen LogP contribution in [0.5, 0.6) is 5.75 Å². The summed E-state index contributed by atoms with van der Waals surface area (Å²) in [5.41, 5.74) is 4.64. The largest absolute Gasteiger partial charge is 0.507 e. The Morgan fingerprint density at radius 1 is 1.25 bits per heavy atom. The van der Waals surface area contributed by atoms with E-state index < -0.39 is 0 Å². The molecule has 4 heterocycles. The molecule has 0 bridgehead atoms. The first-order valence-electron chi connectivity index (χ1n) is 11.0. The van der Waals surface area contributed by atoms with Gasteiger partial charge in [-0.15, -0.1) is 0 Å². The van der Waals surface area contributed by atoms with E-state index in [1.807, 2.05) is 38.5 Å². The van der Waals surface area contributed by atoms with Gasteiger partial charge >= 0.3 is 0 Å². The Balaban J connectivity index is 1.42. The van der Waals surface area contributed by atoms with Gasteiger partial charge in [0.15, 0.2) is 5.65 Å². The van der Waals surface area contributed by atoms with Crippen molar-refractivity contribution >= 4 is 39.2 Å². The number of fused-ring (bicyclic) bond motifs is 2. The number of anilines is 1. The quantitative estimate of drug-likeness (QED) is 0.479. The van der Waals surface area contributed by atoms with Crippen LogP contribution in [0.2, 0.25) is 5.02 Å². The topological polar surface area (TPSA) is 79.1 Å². The fourth-order valence-electron chi connectivity index (χ4n) is 5.03. The molecule has 3 aromatic heterocycles. The highest BCUT2D eigenvalue weighted by Gasteiger charge is 2.47. The number of phenolic OH excluding ortho intramolecular Hbond substituents is 1. The molecule has 1 aromatic carbocycles. The van der Waals surface area contributed by atoms with Crippen molar-refractivity contribution in [2.45, 2.75) is 38.3 Å². The molecule has 164 valence electrons. The molecule has 0 radical (unpaired) electrons. The molecule has 2 fully saturated rings. The number of rotatable bonds is 2. The predicted molar refractivity (Wildman–Crippen MR) is 127 cm³/mol. The molecule has 6 rings (SSSR count). The van der Waals surface area contributed by atoms with Gasteiger partial charge in [-0.1, -0.05) is 11.6 Å². The minimum absolute atomic E-state index is 0.167. The summed E-state index contributed by atoms with van der Waals surface area (Å²) in [7, 11) is 1.87. The number of phenols is 1. The lowest BCUT2D eigenvalue weighted by Gasteiger charge is -2.39. The van der Waals surface area contributed by atoms with Gasteiger partial charge in [0.05, 0.1) is 28.1 Å². The van der Waals surface area contributed by atoms with Crippen molar-refractivity contribution in [1.29, 1.82) is 0 Å². The molecular weight excluding hydrogens is 424 g/mol. The first kappa shape index (κ1) is 19.8. The van der Waals surface area contributed by atoms with Gasteiger partial charge in [-0.3, -0.25) is 4.68 Å². The van der Waals surface area contributed by atoms with E-state index in [4.69, 9.17) is 16.6 Å². The summed E-state index contributed by atoms with van der Waals surface area (Å²) in [5.74, 6) is 0.167. The third-order valence-electron chi connectivity index (χ3n) is 6.76. The van der Waals surface area contributed by atoms with Crippen LogP contribution in [0, 0.1) is 6.92 Å². The van der Waals surface area contributed by atoms with E-state index in [1.54, 1.807) is 4.68 Å². The minimum atomic E-state index is 0.167. The second kappa shape index (κ2) is 6.80. The number of aryl methyl sites for hydroxylation is 2. The molecule has 2 aliphatic rings. The van der Waals surface area contributed by atoms with Gasteiger partial charge in [0.2, 0.25) is 0 Å². The molecule has 1 aliphatic heterocycles. The van der Waals surface area contributed by atoms with E-state index in [2.05, 4.69) is 33.3 Å². The van der Waals surface area contributed by atoms with Gasteiger partial charge in [-0.05, 0) is 44.9 Å². The highest BCUT2D eigenvalue weighted by Crippen LogP contribution is 2.41. The zero-order chi connectivity index (χ0) is 22.2. The Bertz CT molecular complexity index is 1390. The Kier molecular flexibility index (Phi) is 4.20. The smallest absolute Gasteiger partial charge is 0.161 e. The number of benzene rings is 1. The first-order valence-corrected chi connectivity index (χ1v) is 11.3. The third-order valence-corrected chi connectivity index (χ3v) is 7.07. The molecule has 7 nitrogen and oxygen atoms in total. The van der Waals surface area contributed by atoms with Crippen molar-refractivity contribution in [3.63, 3.8) is 0 Å². The third kappa shape index (κ3) is 3.11. The van der Waals surface area contributed by atoms with Crippen molar-refractivity contribution in [1.82, 2.24) is 25.1 Å². The lowest BCUT2D eigenvalue weighted by atomic mass is 10.0. The fraction of sp³-hybridized carbons (Fsp3) is 0.375. The van der Waals surface area contributed by atoms with Crippen molar-refractivity contribution in [3.8, 4) is 17.0 Å². The molecule has 0 amide bonds. The summed E-state index contributed by atoms with van der Waals surface area (Å²) >= 11 is 6.73. The van der Waals surface area contributed by atoms with E-state index in [0.717, 1.165) is 40.6 Å². The average Bonchev–Trinajstić information content (AvgIpc) is 3.37. The van der Waals surface area contributed by atoms with Gasteiger partial charge in [-0.2, -0.15) is 5.10 Å². The molecule has 1 spiro atoms. The summed E-state index contributed by atoms with van der Waals surface area (Å²) in [6, 6.07) is 6.24. The van der Waals surface area contributed by atoms with Crippen LogP contribution in [0.4, 0.5) is 5.69 Å². The average molecular weight is 449 g/mol. The van der Waals surface area contributed by atoms with E-state index in [1.165, 1.54) is 12.8 Å². The van der Waals surface area contributed by atoms with Gasteiger partial charge in [0, 0.05) is 59.8 Å². The van der Waals surface area contributed by atoms with E-state index in [0.29, 0.717) is 28.0 Å². The molecule has 1 unspecified atom stereocenters. The molecule has 8 heteroatoms. The molecule has 2 N–H and O–H groups in total. The van der Waals surface area contributed by atoms with Gasteiger partial charge in [0.1, 0.15) is 5.75 Å². The predicted octanol–water partition coefficient (Wildman–Crippen LogP) is 4.18. The molecule has 32 heavy (non-hydrogen) atoms. The van der Waals surface area contributed by atoms with Gasteiger partial charge < -0.3 is 15.3 Å². The van der Waals surface area contributed by atoms with Crippen LogP contribution in [0.25, 0.3) is 33.2 Å². The van der Waals surface area contributed by atoms with Gasteiger partial charge in [-0.25, -0.2) is 9.97 Å². The summed E-state index contributed by atoms with van der Waals surface area (Å²) in [6.07, 6.45) is 6.27. The number of nitrogens with zero attached hydrogens (tertiary/aromatic N) is 5. The molecule has 1 aliphatic carbocycles. The molecule has 1 atom stereocenters. The second-order valence-corrected chi connectivity index (χ2v) is 9.81. The maximum atomic E-state index is 10.9. The Morgan fingerprint density at radius 2 is 2.06 bits per heavy atom. The van der Waals surface area contributed by atoms with Crippen LogP contribution in [0.3, 0.4) is 0 Å². The molecular formula is C24H25ClN6O. The number of piperazine rings is 1. The standard InChI is InChI=1S/C24H25ClN6O/c1-13-10-31(12-24(28-13)4-5-24)16-7-17-19(25)8-20(27-23(17)26-9-16)18-6-15-11-30(3)29-21(15)14(2)22(18)32/h6-9,11,13,28,32H,4-5,10,12H2,1-3H3. The van der Waals surface area contributed by atoms with Crippen LogP contribution in [-0.2, 0) is 7.05 Å². The number of nitrogens with one attached hydrogen (secondary N) is 1. The monoisotopic (exact) mass is 448 g/mol. The van der Waals surface area contributed by atoms with Crippen LogP contribution in [-0.4, -0.2) is 49.5 Å². The fourth-order valence-corrected chi connectivity index (χ4v) is 5.27. The van der Waals surface area contributed by atoms with E-state index >= 15 is 0 Å².